The third-order valence-electron chi connectivity index (χ3n) is 3.55. The molecular formula is C15H19N5O. The van der Waals surface area contributed by atoms with Crippen LogP contribution in [0.25, 0.3) is 5.52 Å². The van der Waals surface area contributed by atoms with Gasteiger partial charge in [-0.15, -0.1) is 0 Å². The summed E-state index contributed by atoms with van der Waals surface area (Å²) in [5, 5.41) is 11.9. The zero-order chi connectivity index (χ0) is 14.8. The molecule has 1 N–H and O–H groups in total. The highest BCUT2D eigenvalue weighted by molar-refractivity contribution is 5.67. The molecule has 3 aromatic heterocycles. The Morgan fingerprint density at radius 2 is 2.14 bits per heavy atom. The molecule has 0 atom stereocenters. The number of rotatable bonds is 5. The predicted octanol–water partition coefficient (Wildman–Crippen LogP) is 2.76. The summed E-state index contributed by atoms with van der Waals surface area (Å²) in [4.78, 5) is 4.41. The molecule has 0 saturated heterocycles. The lowest BCUT2D eigenvalue weighted by Gasteiger charge is -2.07. The van der Waals surface area contributed by atoms with Crippen LogP contribution in [-0.2, 0) is 19.4 Å². The molecule has 6 nitrogen and oxygen atoms in total. The van der Waals surface area contributed by atoms with Crippen molar-refractivity contribution in [3.63, 3.8) is 0 Å². The maximum absolute atomic E-state index is 5.39. The van der Waals surface area contributed by atoms with E-state index in [1.54, 1.807) is 6.20 Å². The Hall–Kier alpha value is -2.37. The third kappa shape index (κ3) is 2.49. The fraction of sp³-hybridized carbons (Fsp3) is 0.400. The van der Waals surface area contributed by atoms with Crippen molar-refractivity contribution in [2.45, 2.75) is 40.2 Å². The SMILES string of the molecule is CCc1noc(CC)c1CNc1nccn2nc(C)cc12. The molecule has 110 valence electrons. The number of anilines is 1. The van der Waals surface area contributed by atoms with Gasteiger partial charge >= 0.3 is 0 Å². The largest absolute Gasteiger partial charge is 0.364 e. The van der Waals surface area contributed by atoms with Crippen LogP contribution in [0, 0.1) is 6.92 Å². The Labute approximate surface area is 123 Å². The average Bonchev–Trinajstić information content (AvgIpc) is 3.06. The van der Waals surface area contributed by atoms with Gasteiger partial charge in [-0.3, -0.25) is 0 Å². The van der Waals surface area contributed by atoms with Gasteiger partial charge in [0.2, 0.25) is 0 Å². The normalized spacial score (nSPS) is 11.2. The van der Waals surface area contributed by atoms with Crippen molar-refractivity contribution in [2.75, 3.05) is 5.32 Å². The summed E-state index contributed by atoms with van der Waals surface area (Å²) < 4.78 is 7.22. The summed E-state index contributed by atoms with van der Waals surface area (Å²) in [7, 11) is 0. The van der Waals surface area contributed by atoms with Crippen molar-refractivity contribution in [1.82, 2.24) is 19.8 Å². The first-order chi connectivity index (χ1) is 10.2. The fourth-order valence-electron chi connectivity index (χ4n) is 2.49. The molecule has 0 spiro atoms. The Bertz CT molecular complexity index is 737. The summed E-state index contributed by atoms with van der Waals surface area (Å²) in [6.07, 6.45) is 5.30. The first kappa shape index (κ1) is 13.6. The minimum absolute atomic E-state index is 0.659. The van der Waals surface area contributed by atoms with Crippen molar-refractivity contribution >= 4 is 11.3 Å². The van der Waals surface area contributed by atoms with Gasteiger partial charge in [-0.2, -0.15) is 5.10 Å². The zero-order valence-electron chi connectivity index (χ0n) is 12.6. The van der Waals surface area contributed by atoms with Crippen molar-refractivity contribution in [2.24, 2.45) is 0 Å². The van der Waals surface area contributed by atoms with Crippen molar-refractivity contribution in [3.8, 4) is 0 Å². The maximum Gasteiger partial charge on any atom is 0.152 e. The van der Waals surface area contributed by atoms with Crippen molar-refractivity contribution < 1.29 is 4.52 Å². The third-order valence-corrected chi connectivity index (χ3v) is 3.55. The van der Waals surface area contributed by atoms with Gasteiger partial charge < -0.3 is 9.84 Å². The molecule has 0 radical (unpaired) electrons. The highest BCUT2D eigenvalue weighted by atomic mass is 16.5. The summed E-state index contributed by atoms with van der Waals surface area (Å²) >= 11 is 0. The molecule has 0 saturated carbocycles. The van der Waals surface area contributed by atoms with E-state index >= 15 is 0 Å². The van der Waals surface area contributed by atoms with E-state index < -0.39 is 0 Å². The topological polar surface area (TPSA) is 68.2 Å². The average molecular weight is 285 g/mol. The molecule has 0 unspecified atom stereocenters. The minimum atomic E-state index is 0.659. The smallest absolute Gasteiger partial charge is 0.152 e. The standard InChI is InChI=1S/C15H19N5O/c1-4-12-11(14(5-2)21-19-12)9-17-15-13-8-10(3)18-20(13)7-6-16-15/h6-8H,4-5,9H2,1-3H3,(H,16,17). The Kier molecular flexibility index (Phi) is 3.60. The van der Waals surface area contributed by atoms with Gasteiger partial charge in [0.1, 0.15) is 11.3 Å². The molecule has 6 heteroatoms. The van der Waals surface area contributed by atoms with E-state index in [9.17, 15) is 0 Å². The summed E-state index contributed by atoms with van der Waals surface area (Å²) in [6, 6.07) is 2.02. The molecule has 0 aliphatic heterocycles. The summed E-state index contributed by atoms with van der Waals surface area (Å²) in [5.74, 6) is 1.76. The number of hydrogen-bond donors (Lipinski definition) is 1. The van der Waals surface area contributed by atoms with Gasteiger partial charge in [-0.1, -0.05) is 19.0 Å². The molecule has 0 aliphatic carbocycles. The van der Waals surface area contributed by atoms with Crippen LogP contribution < -0.4 is 5.32 Å². The summed E-state index contributed by atoms with van der Waals surface area (Å²) in [6.45, 7) is 6.79. The van der Waals surface area contributed by atoms with E-state index in [2.05, 4.69) is 34.4 Å². The molecule has 0 fully saturated rings. The van der Waals surface area contributed by atoms with Crippen LogP contribution in [0.3, 0.4) is 0 Å². The van der Waals surface area contributed by atoms with Crippen LogP contribution in [-0.4, -0.2) is 19.8 Å². The van der Waals surface area contributed by atoms with E-state index in [0.717, 1.165) is 46.9 Å². The van der Waals surface area contributed by atoms with E-state index in [-0.39, 0.29) is 0 Å². The van der Waals surface area contributed by atoms with Gasteiger partial charge in [0.25, 0.3) is 0 Å². The maximum atomic E-state index is 5.39. The van der Waals surface area contributed by atoms with Crippen LogP contribution in [0.15, 0.2) is 23.0 Å². The first-order valence-electron chi connectivity index (χ1n) is 7.24. The quantitative estimate of drug-likeness (QED) is 0.780. The second kappa shape index (κ2) is 5.55. The highest BCUT2D eigenvalue weighted by Gasteiger charge is 2.14. The van der Waals surface area contributed by atoms with E-state index in [1.807, 2.05) is 23.7 Å². The molecule has 0 aliphatic rings. The molecule has 0 aromatic carbocycles. The fourth-order valence-corrected chi connectivity index (χ4v) is 2.49. The summed E-state index contributed by atoms with van der Waals surface area (Å²) in [5.41, 5.74) is 4.10. The zero-order valence-corrected chi connectivity index (χ0v) is 12.6. The lowest BCUT2D eigenvalue weighted by molar-refractivity contribution is 0.380. The van der Waals surface area contributed by atoms with Gasteiger partial charge in [0, 0.05) is 30.9 Å². The van der Waals surface area contributed by atoms with Gasteiger partial charge in [0.15, 0.2) is 5.82 Å². The highest BCUT2D eigenvalue weighted by Crippen LogP contribution is 2.19. The number of aryl methyl sites for hydroxylation is 3. The van der Waals surface area contributed by atoms with Gasteiger partial charge in [0.05, 0.1) is 11.4 Å². The number of fused-ring (bicyclic) bond motifs is 1. The lowest BCUT2D eigenvalue weighted by Crippen LogP contribution is -2.06. The number of hydrogen-bond acceptors (Lipinski definition) is 5. The van der Waals surface area contributed by atoms with E-state index in [0.29, 0.717) is 6.54 Å². The minimum Gasteiger partial charge on any atom is -0.364 e. The molecule has 3 heterocycles. The monoisotopic (exact) mass is 285 g/mol. The molecule has 0 bridgehead atoms. The second-order valence-corrected chi connectivity index (χ2v) is 4.98. The van der Waals surface area contributed by atoms with E-state index in [1.165, 1.54) is 0 Å². The van der Waals surface area contributed by atoms with Crippen LogP contribution in [0.5, 0.6) is 0 Å². The van der Waals surface area contributed by atoms with Crippen LogP contribution in [0.2, 0.25) is 0 Å². The Morgan fingerprint density at radius 3 is 2.90 bits per heavy atom. The van der Waals surface area contributed by atoms with Crippen molar-refractivity contribution in [3.05, 3.63) is 41.2 Å². The second-order valence-electron chi connectivity index (χ2n) is 4.98. The molecule has 21 heavy (non-hydrogen) atoms. The molecule has 3 aromatic rings. The van der Waals surface area contributed by atoms with Gasteiger partial charge in [-0.25, -0.2) is 9.50 Å². The Morgan fingerprint density at radius 1 is 1.29 bits per heavy atom. The molecule has 3 rings (SSSR count). The first-order valence-corrected chi connectivity index (χ1v) is 7.24. The van der Waals surface area contributed by atoms with Gasteiger partial charge in [-0.05, 0) is 19.4 Å². The predicted molar refractivity (Wildman–Crippen MR) is 80.3 cm³/mol. The van der Waals surface area contributed by atoms with Crippen LogP contribution in [0.1, 0.15) is 36.6 Å². The molecular weight excluding hydrogens is 266 g/mol. The van der Waals surface area contributed by atoms with Crippen molar-refractivity contribution in [1.29, 1.82) is 0 Å². The number of nitrogens with one attached hydrogen (secondary N) is 1. The molecule has 0 amide bonds. The Balaban J connectivity index is 1.88. The lowest BCUT2D eigenvalue weighted by atomic mass is 10.1. The van der Waals surface area contributed by atoms with Crippen LogP contribution >= 0.6 is 0 Å². The number of nitrogens with zero attached hydrogens (tertiary/aromatic N) is 4. The number of aromatic nitrogens is 4. The van der Waals surface area contributed by atoms with Crippen LogP contribution in [0.4, 0.5) is 5.82 Å². The van der Waals surface area contributed by atoms with E-state index in [4.69, 9.17) is 4.52 Å².